The molecule has 0 bridgehead atoms. The van der Waals surface area contributed by atoms with E-state index >= 15 is 0 Å². The highest BCUT2D eigenvalue weighted by Crippen LogP contribution is 2.89. The molecule has 5 aliphatic carbocycles. The van der Waals surface area contributed by atoms with E-state index in [1.807, 2.05) is 13.8 Å². The second-order valence-corrected chi connectivity index (χ2v) is 28.5. The van der Waals surface area contributed by atoms with Crippen LogP contribution >= 0.6 is 0 Å². The maximum atomic E-state index is 11.6. The summed E-state index contributed by atoms with van der Waals surface area (Å²) in [6.07, 6.45) is -28.3. The van der Waals surface area contributed by atoms with Gasteiger partial charge in [0.15, 0.2) is 31.5 Å². The van der Waals surface area contributed by atoms with E-state index in [-0.39, 0.29) is 37.1 Å². The van der Waals surface area contributed by atoms with E-state index in [0.717, 1.165) is 12.8 Å². The van der Waals surface area contributed by atoms with Crippen LogP contribution in [-0.4, -0.2) is 262 Å². The molecule has 5 saturated carbocycles. The van der Waals surface area contributed by atoms with Crippen LogP contribution in [0.4, 0.5) is 0 Å². The van der Waals surface area contributed by atoms with E-state index in [1.54, 1.807) is 13.8 Å². The highest BCUT2D eigenvalue weighted by Gasteiger charge is 2.86. The van der Waals surface area contributed by atoms with Crippen LogP contribution in [0, 0.1) is 44.8 Å². The highest BCUT2D eigenvalue weighted by molar-refractivity contribution is 5.33. The van der Waals surface area contributed by atoms with Gasteiger partial charge in [-0.2, -0.15) is 0 Å². The highest BCUT2D eigenvalue weighted by atomic mass is 16.8. The van der Waals surface area contributed by atoms with Crippen molar-refractivity contribution < 1.29 is 124 Å². The van der Waals surface area contributed by atoms with Crippen molar-refractivity contribution >= 4 is 0 Å². The van der Waals surface area contributed by atoms with Crippen LogP contribution in [0.1, 0.15) is 120 Å². The molecule has 0 aromatic carbocycles. The van der Waals surface area contributed by atoms with Crippen molar-refractivity contribution in [2.24, 2.45) is 44.8 Å². The van der Waals surface area contributed by atoms with Gasteiger partial charge in [-0.15, -0.1) is 0 Å². The molecule has 11 fully saturated rings. The monoisotopic (exact) mass is 1180 g/mol. The van der Waals surface area contributed by atoms with Crippen molar-refractivity contribution in [3.8, 4) is 0 Å². The van der Waals surface area contributed by atoms with E-state index in [1.165, 1.54) is 0 Å². The number of aliphatic hydroxyl groups is 14. The zero-order chi connectivity index (χ0) is 59.5. The van der Waals surface area contributed by atoms with Crippen molar-refractivity contribution in [1.29, 1.82) is 0 Å². The first-order valence-electron chi connectivity index (χ1n) is 29.9. The van der Waals surface area contributed by atoms with E-state index in [2.05, 4.69) is 34.6 Å². The van der Waals surface area contributed by atoms with Crippen LogP contribution in [-0.2, 0) is 52.1 Å². The summed E-state index contributed by atoms with van der Waals surface area (Å²) in [5.74, 6) is -0.832. The number of fused-ring (bicyclic) bond motifs is 2. The predicted molar refractivity (Wildman–Crippen MR) is 277 cm³/mol. The first-order chi connectivity index (χ1) is 38.3. The first-order valence-corrected chi connectivity index (χ1v) is 29.9. The maximum Gasteiger partial charge on any atom is 0.187 e. The molecule has 25 heteroatoms. The van der Waals surface area contributed by atoms with Gasteiger partial charge in [-0.05, 0) is 131 Å². The molecular weight excluding hydrogens is 1080 g/mol. The zero-order valence-corrected chi connectivity index (χ0v) is 48.5. The standard InChI is InChI=1S/C57H94O25/c1-22-32(61)37(66)41(70)48(75-22)78-28-17-54(8)29-16-27(77-46-39(68)34(63)24(58)18-72-46)44-51(3,4)30(79-50-43(36(65)26(60)20-74-50)80-47-40(69)35(64)25(59)19-73-47)11-13-57(44)21-56(29,57)15-14-53(54,7)45(28)55(9)12-10-31(81-55)52(5,6)82-49-42(71)38(67)33(62)23(2)76-49/h22-50,58-71H,10-21H2,1-9H3/t22-,23+,24-,25-,26+,27-,28-,29-,30-,31-,32+,33-,34+,35-,36?,37-,38+,39-,40+,41-,42+,43+,44?,45-,46+,47-,48+,49-,50-,53+,54-,55?,56-,57+/m0/s1. The van der Waals surface area contributed by atoms with Gasteiger partial charge in [0.1, 0.15) is 91.6 Å². The average molecular weight is 1180 g/mol. The third-order valence-corrected chi connectivity index (χ3v) is 23.3. The quantitative estimate of drug-likeness (QED) is 0.0901. The molecule has 0 aromatic rings. The Labute approximate surface area is 477 Å². The molecular formula is C57H94O25. The van der Waals surface area contributed by atoms with Crippen molar-refractivity contribution in [3.63, 3.8) is 0 Å². The van der Waals surface area contributed by atoms with E-state index in [0.29, 0.717) is 44.9 Å². The summed E-state index contributed by atoms with van der Waals surface area (Å²) in [5, 5.41) is 152. The smallest absolute Gasteiger partial charge is 0.187 e. The number of hydrogen-bond acceptors (Lipinski definition) is 25. The molecule has 6 aliphatic heterocycles. The summed E-state index contributed by atoms with van der Waals surface area (Å²) in [6, 6.07) is 0. The molecule has 0 aromatic heterocycles. The van der Waals surface area contributed by atoms with Gasteiger partial charge in [0, 0.05) is 5.92 Å². The van der Waals surface area contributed by atoms with Crippen LogP contribution < -0.4 is 0 Å². The lowest BCUT2D eigenvalue weighted by molar-refractivity contribution is -0.359. The zero-order valence-electron chi connectivity index (χ0n) is 48.5. The third-order valence-electron chi connectivity index (χ3n) is 23.3. The molecule has 11 aliphatic rings. The summed E-state index contributed by atoms with van der Waals surface area (Å²) in [4.78, 5) is 0. The average Bonchev–Trinajstić information content (AvgIpc) is 1.54. The summed E-state index contributed by atoms with van der Waals surface area (Å²) in [5.41, 5.74) is -4.72. The molecule has 25 nitrogen and oxygen atoms in total. The Morgan fingerprint density at radius 2 is 0.988 bits per heavy atom. The molecule has 472 valence electrons. The fourth-order valence-corrected chi connectivity index (χ4v) is 18.6. The molecule has 0 amide bonds. The van der Waals surface area contributed by atoms with Crippen LogP contribution in [0.5, 0.6) is 0 Å². The van der Waals surface area contributed by atoms with Gasteiger partial charge in [-0.1, -0.05) is 27.7 Å². The van der Waals surface area contributed by atoms with Gasteiger partial charge in [-0.25, -0.2) is 0 Å². The molecule has 14 N–H and O–H groups in total. The number of rotatable bonds is 12. The summed E-state index contributed by atoms with van der Waals surface area (Å²) < 4.78 is 70.7. The number of ether oxygens (including phenoxy) is 11. The molecule has 2 spiro atoms. The normalized spacial score (nSPS) is 58.5. The minimum absolute atomic E-state index is 0.106. The van der Waals surface area contributed by atoms with Crippen LogP contribution in [0.2, 0.25) is 0 Å². The van der Waals surface area contributed by atoms with Gasteiger partial charge in [0.25, 0.3) is 0 Å². The molecule has 6 saturated heterocycles. The van der Waals surface area contributed by atoms with E-state index in [9.17, 15) is 71.5 Å². The number of aliphatic hydroxyl groups excluding tert-OH is 14. The number of hydrogen-bond donors (Lipinski definition) is 14. The molecule has 34 atom stereocenters. The van der Waals surface area contributed by atoms with Gasteiger partial charge < -0.3 is 124 Å². The lowest BCUT2D eigenvalue weighted by Crippen LogP contribution is -2.65. The minimum atomic E-state index is -1.71. The lowest BCUT2D eigenvalue weighted by Gasteiger charge is -2.65. The minimum Gasteiger partial charge on any atom is -0.388 e. The molecule has 0 radical (unpaired) electrons. The van der Waals surface area contributed by atoms with Gasteiger partial charge in [0.2, 0.25) is 0 Å². The van der Waals surface area contributed by atoms with E-state index in [4.69, 9.17) is 52.1 Å². The largest absolute Gasteiger partial charge is 0.388 e. The van der Waals surface area contributed by atoms with Crippen LogP contribution in [0.3, 0.4) is 0 Å². The SMILES string of the molecule is C[C@@H]1O[C@H](O[C@H]2C[C@@]3(C)[C@@H]4C[C@H](O[C@H]5OC[C@H](O)[C@@H](O)[C@@H]5O)C5C(C)(C)[C@@H](O[C@@H]6OC[C@@H](O)C(O)[C@H]6O[C@@H]6OC[C@H](O)[C@H](O)[C@H]6O)CC[C@@]56C[C@@]46CC[C@]3(C)[C@H]2C2(C)CC[C@@H](C(C)(C)O[C@@H]3O[C@H](C)[C@H](O)[C@@H](O)[C@H]3O)O2)[C@@H](O)[C@@H](O)[C@@H]1O. The van der Waals surface area contributed by atoms with Crippen molar-refractivity contribution in [2.45, 2.75) is 291 Å². The summed E-state index contributed by atoms with van der Waals surface area (Å²) in [7, 11) is 0. The van der Waals surface area contributed by atoms with Crippen LogP contribution in [0.25, 0.3) is 0 Å². The topological polar surface area (TPSA) is 385 Å². The summed E-state index contributed by atoms with van der Waals surface area (Å²) >= 11 is 0. The Kier molecular flexibility index (Phi) is 16.7. The Balaban J connectivity index is 0.925. The lowest BCUT2D eigenvalue weighted by atomic mass is 9.41. The van der Waals surface area contributed by atoms with Crippen LogP contribution in [0.15, 0.2) is 0 Å². The first kappa shape index (κ1) is 62.6. The molecule has 3 unspecified atom stereocenters. The Hall–Kier alpha value is -1.00. The fourth-order valence-electron chi connectivity index (χ4n) is 18.6. The van der Waals surface area contributed by atoms with Crippen molar-refractivity contribution in [3.05, 3.63) is 0 Å². The summed E-state index contributed by atoms with van der Waals surface area (Å²) in [6.45, 7) is 16.7. The molecule has 6 heterocycles. The maximum absolute atomic E-state index is 11.6. The van der Waals surface area contributed by atoms with E-state index < -0.39 is 198 Å². The van der Waals surface area contributed by atoms with Crippen molar-refractivity contribution in [1.82, 2.24) is 0 Å². The fraction of sp³-hybridized carbons (Fsp3) is 1.00. The Morgan fingerprint density at radius 3 is 1.60 bits per heavy atom. The third kappa shape index (κ3) is 9.75. The van der Waals surface area contributed by atoms with Crippen molar-refractivity contribution in [2.75, 3.05) is 19.8 Å². The molecule has 11 rings (SSSR count). The van der Waals surface area contributed by atoms with Gasteiger partial charge in [0.05, 0.1) is 67.6 Å². The van der Waals surface area contributed by atoms with Gasteiger partial charge >= 0.3 is 0 Å². The second-order valence-electron chi connectivity index (χ2n) is 28.5. The Morgan fingerprint density at radius 1 is 0.463 bits per heavy atom. The predicted octanol–water partition coefficient (Wildman–Crippen LogP) is -2.47. The Bertz CT molecular complexity index is 2270. The second kappa shape index (κ2) is 21.9. The van der Waals surface area contributed by atoms with Gasteiger partial charge in [-0.3, -0.25) is 0 Å². The molecule has 82 heavy (non-hydrogen) atoms.